The van der Waals surface area contributed by atoms with Crippen LogP contribution in [0, 0.1) is 5.82 Å². The highest BCUT2D eigenvalue weighted by atomic mass is 19.1. The summed E-state index contributed by atoms with van der Waals surface area (Å²) in [5, 5.41) is 0. The van der Waals surface area contributed by atoms with E-state index >= 15 is 0 Å². The van der Waals surface area contributed by atoms with E-state index in [9.17, 15) is 4.39 Å². The molecule has 0 N–H and O–H groups in total. The van der Waals surface area contributed by atoms with Gasteiger partial charge >= 0.3 is 0 Å². The van der Waals surface area contributed by atoms with Gasteiger partial charge in [-0.3, -0.25) is 0 Å². The SMILES string of the molecule is Fc1ccc(N2[B]CCC2)cc1. The first-order valence-electron chi connectivity index (χ1n) is 4.22. The molecule has 2 rings (SSSR count). The van der Waals surface area contributed by atoms with Gasteiger partial charge in [0.25, 0.3) is 0 Å². The molecular formula is C9H10BFN. The minimum absolute atomic E-state index is 0.169. The zero-order valence-electron chi connectivity index (χ0n) is 6.83. The number of anilines is 1. The topological polar surface area (TPSA) is 3.24 Å². The maximum absolute atomic E-state index is 12.5. The van der Waals surface area contributed by atoms with Crippen molar-refractivity contribution < 1.29 is 4.39 Å². The fourth-order valence-electron chi connectivity index (χ4n) is 1.47. The summed E-state index contributed by atoms with van der Waals surface area (Å²) in [4.78, 5) is 2.17. The fourth-order valence-corrected chi connectivity index (χ4v) is 1.47. The number of rotatable bonds is 1. The predicted molar refractivity (Wildman–Crippen MR) is 48.9 cm³/mol. The monoisotopic (exact) mass is 162 g/mol. The van der Waals surface area contributed by atoms with E-state index in [1.165, 1.54) is 18.6 Å². The maximum atomic E-state index is 12.5. The third-order valence-electron chi connectivity index (χ3n) is 2.11. The van der Waals surface area contributed by atoms with Crippen LogP contribution in [0.1, 0.15) is 6.42 Å². The molecule has 1 aromatic carbocycles. The molecule has 0 spiro atoms. The molecule has 1 saturated heterocycles. The number of hydrogen-bond acceptors (Lipinski definition) is 1. The van der Waals surface area contributed by atoms with Gasteiger partial charge in [0.1, 0.15) is 5.82 Å². The summed E-state index contributed by atoms with van der Waals surface area (Å²) in [6, 6.07) is 6.64. The van der Waals surface area contributed by atoms with E-state index in [1.807, 2.05) is 12.1 Å². The van der Waals surface area contributed by atoms with Crippen LogP contribution in [0.15, 0.2) is 24.3 Å². The van der Waals surface area contributed by atoms with E-state index in [0.29, 0.717) is 0 Å². The molecule has 1 fully saturated rings. The smallest absolute Gasteiger partial charge is 0.246 e. The van der Waals surface area contributed by atoms with E-state index in [-0.39, 0.29) is 5.82 Å². The Labute approximate surface area is 72.5 Å². The number of hydrogen-bond donors (Lipinski definition) is 0. The largest absolute Gasteiger partial charge is 0.419 e. The van der Waals surface area contributed by atoms with Crippen molar-refractivity contribution >= 4 is 13.1 Å². The predicted octanol–water partition coefficient (Wildman–Crippen LogP) is 2.07. The van der Waals surface area contributed by atoms with Crippen LogP contribution in [0.4, 0.5) is 10.1 Å². The van der Waals surface area contributed by atoms with Crippen LogP contribution in [0.3, 0.4) is 0 Å². The molecule has 0 bridgehead atoms. The summed E-state index contributed by atoms with van der Waals surface area (Å²) in [5.41, 5.74) is 1.09. The molecule has 0 saturated carbocycles. The van der Waals surface area contributed by atoms with Gasteiger partial charge in [-0.15, -0.1) is 0 Å². The lowest BCUT2D eigenvalue weighted by atomic mass is 9.90. The Morgan fingerprint density at radius 3 is 2.58 bits per heavy atom. The van der Waals surface area contributed by atoms with Crippen molar-refractivity contribution in [3.05, 3.63) is 30.1 Å². The van der Waals surface area contributed by atoms with Gasteiger partial charge in [-0.2, -0.15) is 0 Å². The summed E-state index contributed by atoms with van der Waals surface area (Å²) in [5.74, 6) is -0.169. The second-order valence-electron chi connectivity index (χ2n) is 2.99. The van der Waals surface area contributed by atoms with Crippen LogP contribution in [0.5, 0.6) is 0 Å². The number of halogens is 1. The Balaban J connectivity index is 2.17. The molecule has 1 aromatic rings. The second-order valence-corrected chi connectivity index (χ2v) is 2.99. The second kappa shape index (κ2) is 3.17. The van der Waals surface area contributed by atoms with Gasteiger partial charge < -0.3 is 4.81 Å². The molecule has 1 radical (unpaired) electrons. The summed E-state index contributed by atoms with van der Waals surface area (Å²) in [6.45, 7) is 1.06. The van der Waals surface area contributed by atoms with Crippen molar-refractivity contribution in [2.24, 2.45) is 0 Å². The van der Waals surface area contributed by atoms with Crippen LogP contribution in [0.25, 0.3) is 0 Å². The average molecular weight is 162 g/mol. The minimum atomic E-state index is -0.169. The Hall–Kier alpha value is -0.985. The first-order chi connectivity index (χ1) is 5.86. The third-order valence-corrected chi connectivity index (χ3v) is 2.11. The molecule has 1 aliphatic heterocycles. The Morgan fingerprint density at radius 1 is 1.25 bits per heavy atom. The lowest BCUT2D eigenvalue weighted by Gasteiger charge is -2.16. The van der Waals surface area contributed by atoms with Crippen molar-refractivity contribution in [2.75, 3.05) is 11.4 Å². The molecule has 1 aliphatic rings. The highest BCUT2D eigenvalue weighted by molar-refractivity contribution is 6.42. The molecule has 1 nitrogen and oxygen atoms in total. The summed E-state index contributed by atoms with van der Waals surface area (Å²) in [7, 11) is 2.16. The maximum Gasteiger partial charge on any atom is 0.246 e. The standard InChI is InChI=1S/C9H10BFN/c11-8-2-4-9(5-3-8)12-7-1-6-10-12/h2-5H,1,6-7H2. The highest BCUT2D eigenvalue weighted by Gasteiger charge is 2.13. The normalized spacial score (nSPS) is 16.2. The van der Waals surface area contributed by atoms with E-state index in [0.717, 1.165) is 18.6 Å². The van der Waals surface area contributed by atoms with Gasteiger partial charge in [0, 0.05) is 12.2 Å². The average Bonchev–Trinajstić information content (AvgIpc) is 2.58. The molecule has 1 heterocycles. The summed E-state index contributed by atoms with van der Waals surface area (Å²) in [6.07, 6.45) is 2.34. The van der Waals surface area contributed by atoms with Crippen molar-refractivity contribution in [3.8, 4) is 0 Å². The molecule has 12 heavy (non-hydrogen) atoms. The molecular weight excluding hydrogens is 152 g/mol. The van der Waals surface area contributed by atoms with Gasteiger partial charge in [-0.05, 0) is 30.7 Å². The first kappa shape index (κ1) is 7.65. The fraction of sp³-hybridized carbons (Fsp3) is 0.333. The minimum Gasteiger partial charge on any atom is -0.419 e. The molecule has 61 valence electrons. The van der Waals surface area contributed by atoms with Crippen molar-refractivity contribution in [1.82, 2.24) is 0 Å². The van der Waals surface area contributed by atoms with E-state index < -0.39 is 0 Å². The number of benzene rings is 1. The van der Waals surface area contributed by atoms with Gasteiger partial charge in [0.15, 0.2) is 0 Å². The lowest BCUT2D eigenvalue weighted by molar-refractivity contribution is 0.628. The zero-order valence-corrected chi connectivity index (χ0v) is 6.83. The van der Waals surface area contributed by atoms with Crippen molar-refractivity contribution in [3.63, 3.8) is 0 Å². The Kier molecular flexibility index (Phi) is 2.02. The molecule has 0 aliphatic carbocycles. The Bertz CT molecular complexity index is 254. The lowest BCUT2D eigenvalue weighted by Crippen LogP contribution is -2.20. The molecule has 0 amide bonds. The molecule has 3 heteroatoms. The van der Waals surface area contributed by atoms with Crippen LogP contribution < -0.4 is 4.81 Å². The van der Waals surface area contributed by atoms with Crippen molar-refractivity contribution in [2.45, 2.75) is 12.7 Å². The van der Waals surface area contributed by atoms with Crippen LogP contribution in [0.2, 0.25) is 6.32 Å². The van der Waals surface area contributed by atoms with Gasteiger partial charge in [0.2, 0.25) is 7.41 Å². The van der Waals surface area contributed by atoms with Crippen LogP contribution in [-0.2, 0) is 0 Å². The summed E-state index contributed by atoms with van der Waals surface area (Å²) >= 11 is 0. The third kappa shape index (κ3) is 1.45. The molecule has 0 atom stereocenters. The summed E-state index contributed by atoms with van der Waals surface area (Å²) < 4.78 is 12.5. The quantitative estimate of drug-likeness (QED) is 0.571. The number of nitrogens with zero attached hydrogens (tertiary/aromatic N) is 1. The van der Waals surface area contributed by atoms with Crippen molar-refractivity contribution in [1.29, 1.82) is 0 Å². The molecule has 0 unspecified atom stereocenters. The molecule has 0 aromatic heterocycles. The van der Waals surface area contributed by atoms with Crippen LogP contribution >= 0.6 is 0 Å². The van der Waals surface area contributed by atoms with Gasteiger partial charge in [-0.1, -0.05) is 6.32 Å². The Morgan fingerprint density at radius 2 is 2.00 bits per heavy atom. The first-order valence-corrected chi connectivity index (χ1v) is 4.22. The van der Waals surface area contributed by atoms with E-state index in [4.69, 9.17) is 0 Å². The van der Waals surface area contributed by atoms with E-state index in [1.54, 1.807) is 0 Å². The van der Waals surface area contributed by atoms with E-state index in [2.05, 4.69) is 12.2 Å². The van der Waals surface area contributed by atoms with Gasteiger partial charge in [-0.25, -0.2) is 4.39 Å². The van der Waals surface area contributed by atoms with Crippen LogP contribution in [-0.4, -0.2) is 14.0 Å². The highest BCUT2D eigenvalue weighted by Crippen LogP contribution is 2.18. The zero-order chi connectivity index (χ0) is 8.39. The van der Waals surface area contributed by atoms with Gasteiger partial charge in [0.05, 0.1) is 0 Å².